The zero-order valence-electron chi connectivity index (χ0n) is 9.27. The van der Waals surface area contributed by atoms with Gasteiger partial charge in [0, 0.05) is 6.20 Å². The molecule has 0 bridgehead atoms. The third-order valence-electron chi connectivity index (χ3n) is 3.24. The first-order valence-corrected chi connectivity index (χ1v) is 5.59. The summed E-state index contributed by atoms with van der Waals surface area (Å²) in [6.45, 7) is 0. The van der Waals surface area contributed by atoms with Crippen LogP contribution in [-0.2, 0) is 6.42 Å². The van der Waals surface area contributed by atoms with Crippen LogP contribution in [-0.4, -0.2) is 12.0 Å². The number of benzene rings is 1. The van der Waals surface area contributed by atoms with Crippen LogP contribution in [0, 0.1) is 0 Å². The maximum atomic E-state index is 4.51. The van der Waals surface area contributed by atoms with E-state index in [0.29, 0.717) is 0 Å². The summed E-state index contributed by atoms with van der Waals surface area (Å²) in [6, 6.07) is 13.0. The molecule has 0 fully saturated rings. The van der Waals surface area contributed by atoms with Gasteiger partial charge in [0.15, 0.2) is 0 Å². The normalized spacial score (nSPS) is 17.7. The lowest BCUT2D eigenvalue weighted by Gasteiger charge is -2.26. The van der Waals surface area contributed by atoms with E-state index in [1.54, 1.807) is 0 Å². The van der Waals surface area contributed by atoms with E-state index in [-0.39, 0.29) is 6.04 Å². The lowest BCUT2D eigenvalue weighted by Crippen LogP contribution is -2.25. The van der Waals surface area contributed by atoms with Crippen molar-refractivity contribution < 1.29 is 0 Å². The fourth-order valence-electron chi connectivity index (χ4n) is 2.48. The quantitative estimate of drug-likeness (QED) is 0.781. The Morgan fingerprint density at radius 2 is 1.94 bits per heavy atom. The predicted octanol–water partition coefficient (Wildman–Crippen LogP) is 2.29. The summed E-state index contributed by atoms with van der Waals surface area (Å²) >= 11 is 0. The van der Waals surface area contributed by atoms with Crippen LogP contribution < -0.4 is 5.32 Å². The molecule has 1 aromatic carbocycles. The Balaban J connectivity index is 2.19. The highest BCUT2D eigenvalue weighted by Gasteiger charge is 2.24. The van der Waals surface area contributed by atoms with E-state index in [1.165, 1.54) is 22.4 Å². The van der Waals surface area contributed by atoms with Gasteiger partial charge >= 0.3 is 0 Å². The van der Waals surface area contributed by atoms with Gasteiger partial charge in [0.05, 0.1) is 11.7 Å². The molecule has 0 spiro atoms. The molecule has 1 N–H and O–H groups in total. The first-order valence-electron chi connectivity index (χ1n) is 5.59. The molecule has 16 heavy (non-hydrogen) atoms. The molecule has 0 amide bonds. The van der Waals surface area contributed by atoms with Gasteiger partial charge in [-0.3, -0.25) is 4.98 Å². The van der Waals surface area contributed by atoms with E-state index in [0.717, 1.165) is 6.42 Å². The SMILES string of the molecule is CNC1c2ccccc2Cc2cccnc21. The molecule has 1 aliphatic carbocycles. The minimum Gasteiger partial charge on any atom is -0.308 e. The van der Waals surface area contributed by atoms with Crippen molar-refractivity contribution in [3.05, 3.63) is 65.0 Å². The number of pyridine rings is 1. The zero-order chi connectivity index (χ0) is 11.0. The number of nitrogens with zero attached hydrogens (tertiary/aromatic N) is 1. The molecule has 0 saturated heterocycles. The predicted molar refractivity (Wildman–Crippen MR) is 64.4 cm³/mol. The molecule has 80 valence electrons. The Kier molecular flexibility index (Phi) is 2.22. The standard InChI is InChI=1S/C14H14N2/c1-15-14-12-7-3-2-5-10(12)9-11-6-4-8-16-13(11)14/h2-8,14-15H,9H2,1H3. The van der Waals surface area contributed by atoms with Gasteiger partial charge in [-0.05, 0) is 36.2 Å². The van der Waals surface area contributed by atoms with Crippen LogP contribution in [0.25, 0.3) is 0 Å². The summed E-state index contributed by atoms with van der Waals surface area (Å²) in [6.07, 6.45) is 2.87. The second-order valence-electron chi connectivity index (χ2n) is 4.15. The molecular formula is C14H14N2. The van der Waals surface area contributed by atoms with Crippen LogP contribution in [0.1, 0.15) is 28.4 Å². The van der Waals surface area contributed by atoms with Gasteiger partial charge in [-0.2, -0.15) is 0 Å². The molecule has 1 aliphatic rings. The molecule has 0 aliphatic heterocycles. The van der Waals surface area contributed by atoms with Crippen LogP contribution in [0.3, 0.4) is 0 Å². The number of aromatic nitrogens is 1. The number of hydrogen-bond donors (Lipinski definition) is 1. The highest BCUT2D eigenvalue weighted by Crippen LogP contribution is 2.32. The topological polar surface area (TPSA) is 24.9 Å². The van der Waals surface area contributed by atoms with Crippen LogP contribution in [0.15, 0.2) is 42.6 Å². The fraction of sp³-hybridized carbons (Fsp3) is 0.214. The summed E-state index contributed by atoms with van der Waals surface area (Å²) in [5.41, 5.74) is 5.27. The number of nitrogens with one attached hydrogen (secondary N) is 1. The Labute approximate surface area is 95.3 Å². The molecule has 1 unspecified atom stereocenters. The van der Waals surface area contributed by atoms with E-state index in [2.05, 4.69) is 40.6 Å². The summed E-state index contributed by atoms with van der Waals surface area (Å²) in [5.74, 6) is 0. The van der Waals surface area contributed by atoms with Crippen molar-refractivity contribution in [1.29, 1.82) is 0 Å². The van der Waals surface area contributed by atoms with Crippen molar-refractivity contribution in [2.24, 2.45) is 0 Å². The minimum atomic E-state index is 0.237. The van der Waals surface area contributed by atoms with Crippen LogP contribution in [0.2, 0.25) is 0 Å². The van der Waals surface area contributed by atoms with Crippen LogP contribution >= 0.6 is 0 Å². The smallest absolute Gasteiger partial charge is 0.0754 e. The number of fused-ring (bicyclic) bond motifs is 2. The molecular weight excluding hydrogens is 196 g/mol. The van der Waals surface area contributed by atoms with Crippen molar-refractivity contribution in [1.82, 2.24) is 10.3 Å². The Morgan fingerprint density at radius 3 is 2.81 bits per heavy atom. The van der Waals surface area contributed by atoms with E-state index < -0.39 is 0 Å². The molecule has 1 atom stereocenters. The van der Waals surface area contributed by atoms with E-state index in [1.807, 2.05) is 19.3 Å². The summed E-state index contributed by atoms with van der Waals surface area (Å²) in [7, 11) is 1.99. The fourth-order valence-corrected chi connectivity index (χ4v) is 2.48. The lowest BCUT2D eigenvalue weighted by atomic mass is 9.85. The van der Waals surface area contributed by atoms with E-state index >= 15 is 0 Å². The van der Waals surface area contributed by atoms with E-state index in [9.17, 15) is 0 Å². The van der Waals surface area contributed by atoms with Gasteiger partial charge in [-0.15, -0.1) is 0 Å². The third kappa shape index (κ3) is 1.34. The molecule has 2 nitrogen and oxygen atoms in total. The molecule has 3 rings (SSSR count). The van der Waals surface area contributed by atoms with Crippen molar-refractivity contribution in [3.8, 4) is 0 Å². The van der Waals surface area contributed by atoms with Gasteiger partial charge in [0.1, 0.15) is 0 Å². The van der Waals surface area contributed by atoms with Crippen LogP contribution in [0.5, 0.6) is 0 Å². The minimum absolute atomic E-state index is 0.237. The maximum Gasteiger partial charge on any atom is 0.0754 e. The van der Waals surface area contributed by atoms with Gasteiger partial charge in [0.25, 0.3) is 0 Å². The second kappa shape index (κ2) is 3.72. The van der Waals surface area contributed by atoms with Crippen LogP contribution in [0.4, 0.5) is 0 Å². The largest absolute Gasteiger partial charge is 0.308 e. The average Bonchev–Trinajstić information content (AvgIpc) is 2.36. The monoisotopic (exact) mass is 210 g/mol. The molecule has 1 aromatic heterocycles. The first kappa shape index (κ1) is 9.55. The van der Waals surface area contributed by atoms with Crippen molar-refractivity contribution in [2.45, 2.75) is 12.5 Å². The Bertz CT molecular complexity index is 474. The second-order valence-corrected chi connectivity index (χ2v) is 4.15. The zero-order valence-corrected chi connectivity index (χ0v) is 9.27. The molecule has 0 saturated carbocycles. The first-order chi connectivity index (χ1) is 7.90. The third-order valence-corrected chi connectivity index (χ3v) is 3.24. The van der Waals surface area contributed by atoms with Gasteiger partial charge in [0.2, 0.25) is 0 Å². The summed E-state index contributed by atoms with van der Waals surface area (Å²) < 4.78 is 0. The highest BCUT2D eigenvalue weighted by molar-refractivity contribution is 5.45. The summed E-state index contributed by atoms with van der Waals surface area (Å²) in [5, 5.41) is 3.35. The molecule has 0 radical (unpaired) electrons. The number of hydrogen-bond acceptors (Lipinski definition) is 2. The number of rotatable bonds is 1. The Morgan fingerprint density at radius 1 is 1.12 bits per heavy atom. The average molecular weight is 210 g/mol. The van der Waals surface area contributed by atoms with Gasteiger partial charge in [-0.1, -0.05) is 30.3 Å². The summed E-state index contributed by atoms with van der Waals surface area (Å²) in [4.78, 5) is 4.51. The van der Waals surface area contributed by atoms with Crippen molar-refractivity contribution in [2.75, 3.05) is 7.05 Å². The lowest BCUT2D eigenvalue weighted by molar-refractivity contribution is 0.642. The maximum absolute atomic E-state index is 4.51. The van der Waals surface area contributed by atoms with Crippen molar-refractivity contribution >= 4 is 0 Å². The molecule has 1 heterocycles. The molecule has 2 heteroatoms. The van der Waals surface area contributed by atoms with Crippen molar-refractivity contribution in [3.63, 3.8) is 0 Å². The van der Waals surface area contributed by atoms with Gasteiger partial charge in [-0.25, -0.2) is 0 Å². The highest BCUT2D eigenvalue weighted by atomic mass is 14.9. The Hall–Kier alpha value is -1.67. The van der Waals surface area contributed by atoms with Gasteiger partial charge < -0.3 is 5.32 Å². The molecule has 2 aromatic rings. The van der Waals surface area contributed by atoms with E-state index in [4.69, 9.17) is 0 Å².